The van der Waals surface area contributed by atoms with Crippen molar-refractivity contribution in [3.63, 3.8) is 0 Å². The standard InChI is InChI=1S/C15H19N3O2S/c1-11-7-5-6-8-12(11)18-10-16-17-14(18)21-9-13(19)20-15(2,3)4/h5-8,10H,9H2,1-4H3. The van der Waals surface area contributed by atoms with Gasteiger partial charge in [0.15, 0.2) is 5.16 Å². The van der Waals surface area contributed by atoms with Crippen LogP contribution in [0.1, 0.15) is 26.3 Å². The zero-order valence-electron chi connectivity index (χ0n) is 12.7. The normalized spacial score (nSPS) is 11.4. The zero-order valence-corrected chi connectivity index (χ0v) is 13.5. The van der Waals surface area contributed by atoms with Crippen LogP contribution in [-0.2, 0) is 9.53 Å². The number of hydrogen-bond acceptors (Lipinski definition) is 5. The molecule has 0 amide bonds. The van der Waals surface area contributed by atoms with Crippen LogP contribution in [0.2, 0.25) is 0 Å². The van der Waals surface area contributed by atoms with E-state index in [1.165, 1.54) is 11.8 Å². The Labute approximate surface area is 128 Å². The molecule has 2 aromatic rings. The monoisotopic (exact) mass is 305 g/mol. The van der Waals surface area contributed by atoms with Crippen molar-refractivity contribution in [1.29, 1.82) is 0 Å². The molecule has 0 saturated carbocycles. The van der Waals surface area contributed by atoms with E-state index in [1.54, 1.807) is 6.33 Å². The molecular formula is C15H19N3O2S. The van der Waals surface area contributed by atoms with Gasteiger partial charge in [0, 0.05) is 0 Å². The Morgan fingerprint density at radius 2 is 2.05 bits per heavy atom. The van der Waals surface area contributed by atoms with E-state index in [2.05, 4.69) is 10.2 Å². The first-order chi connectivity index (χ1) is 9.87. The Balaban J connectivity index is 2.08. The molecule has 0 radical (unpaired) electrons. The van der Waals surface area contributed by atoms with Crippen LogP contribution in [0.5, 0.6) is 0 Å². The number of aryl methyl sites for hydroxylation is 1. The number of hydrogen-bond donors (Lipinski definition) is 0. The molecule has 112 valence electrons. The Morgan fingerprint density at radius 3 is 2.71 bits per heavy atom. The predicted octanol–water partition coefficient (Wildman–Crippen LogP) is 3.01. The fourth-order valence-electron chi connectivity index (χ4n) is 1.82. The molecule has 2 rings (SSSR count). The number of rotatable bonds is 4. The second-order valence-electron chi connectivity index (χ2n) is 5.65. The second-order valence-corrected chi connectivity index (χ2v) is 6.59. The van der Waals surface area contributed by atoms with Crippen molar-refractivity contribution >= 4 is 17.7 Å². The molecule has 0 aliphatic carbocycles. The van der Waals surface area contributed by atoms with Gasteiger partial charge in [-0.25, -0.2) is 0 Å². The third kappa shape index (κ3) is 4.32. The van der Waals surface area contributed by atoms with E-state index in [-0.39, 0.29) is 11.7 Å². The van der Waals surface area contributed by atoms with Crippen LogP contribution in [-0.4, -0.2) is 32.1 Å². The maximum absolute atomic E-state index is 11.8. The molecule has 6 heteroatoms. The minimum absolute atomic E-state index is 0.210. The number of ether oxygens (including phenoxy) is 1. The Bertz CT molecular complexity index is 632. The Hall–Kier alpha value is -1.82. The average molecular weight is 305 g/mol. The van der Waals surface area contributed by atoms with E-state index >= 15 is 0 Å². The summed E-state index contributed by atoms with van der Waals surface area (Å²) in [6.07, 6.45) is 1.65. The summed E-state index contributed by atoms with van der Waals surface area (Å²) >= 11 is 1.32. The first-order valence-electron chi connectivity index (χ1n) is 6.67. The lowest BCUT2D eigenvalue weighted by molar-refractivity contribution is -0.151. The molecule has 1 aromatic carbocycles. The van der Waals surface area contributed by atoms with Gasteiger partial charge in [0.25, 0.3) is 0 Å². The average Bonchev–Trinajstić information content (AvgIpc) is 2.83. The first-order valence-corrected chi connectivity index (χ1v) is 7.66. The van der Waals surface area contributed by atoms with Crippen molar-refractivity contribution in [2.75, 3.05) is 5.75 Å². The summed E-state index contributed by atoms with van der Waals surface area (Å²) in [6, 6.07) is 7.97. The molecule has 0 aliphatic heterocycles. The summed E-state index contributed by atoms with van der Waals surface area (Å²) in [6.45, 7) is 7.58. The minimum atomic E-state index is -0.471. The number of benzene rings is 1. The van der Waals surface area contributed by atoms with Crippen molar-refractivity contribution in [2.45, 2.75) is 38.5 Å². The fraction of sp³-hybridized carbons (Fsp3) is 0.400. The SMILES string of the molecule is Cc1ccccc1-n1cnnc1SCC(=O)OC(C)(C)C. The van der Waals surface area contributed by atoms with E-state index in [4.69, 9.17) is 4.74 Å². The van der Waals surface area contributed by atoms with E-state index in [1.807, 2.05) is 56.5 Å². The lowest BCUT2D eigenvalue weighted by atomic mass is 10.2. The van der Waals surface area contributed by atoms with Gasteiger partial charge in [-0.05, 0) is 39.3 Å². The summed E-state index contributed by atoms with van der Waals surface area (Å²) in [4.78, 5) is 11.8. The molecule has 0 aliphatic rings. The number of esters is 1. The third-order valence-corrected chi connectivity index (χ3v) is 3.55. The van der Waals surface area contributed by atoms with Crippen LogP contribution in [0, 0.1) is 6.92 Å². The van der Waals surface area contributed by atoms with Gasteiger partial charge in [0.2, 0.25) is 0 Å². The molecule has 1 heterocycles. The molecule has 0 unspecified atom stereocenters. The van der Waals surface area contributed by atoms with Gasteiger partial charge in [-0.1, -0.05) is 30.0 Å². The van der Waals surface area contributed by atoms with Crippen LogP contribution in [0.4, 0.5) is 0 Å². The van der Waals surface area contributed by atoms with E-state index in [9.17, 15) is 4.79 Å². The first kappa shape index (κ1) is 15.6. The highest BCUT2D eigenvalue weighted by Gasteiger charge is 2.18. The summed E-state index contributed by atoms with van der Waals surface area (Å²) in [5.41, 5.74) is 1.66. The van der Waals surface area contributed by atoms with Crippen molar-refractivity contribution in [2.24, 2.45) is 0 Å². The molecule has 0 atom stereocenters. The van der Waals surface area contributed by atoms with Gasteiger partial charge < -0.3 is 4.74 Å². The van der Waals surface area contributed by atoms with E-state index in [0.29, 0.717) is 5.16 Å². The molecule has 0 saturated heterocycles. The number of carbonyl (C=O) groups is 1. The van der Waals surface area contributed by atoms with E-state index in [0.717, 1.165) is 11.3 Å². The number of nitrogens with zero attached hydrogens (tertiary/aromatic N) is 3. The summed E-state index contributed by atoms with van der Waals surface area (Å²) in [5.74, 6) is -0.0474. The molecule has 0 N–H and O–H groups in total. The quantitative estimate of drug-likeness (QED) is 0.642. The lowest BCUT2D eigenvalue weighted by Crippen LogP contribution is -2.25. The van der Waals surface area contributed by atoms with Gasteiger partial charge >= 0.3 is 5.97 Å². The van der Waals surface area contributed by atoms with Crippen LogP contribution in [0.25, 0.3) is 5.69 Å². The van der Waals surface area contributed by atoms with Gasteiger partial charge in [0.05, 0.1) is 11.4 Å². The summed E-state index contributed by atoms with van der Waals surface area (Å²) in [5, 5.41) is 8.68. The Morgan fingerprint density at radius 1 is 1.33 bits per heavy atom. The van der Waals surface area contributed by atoms with Gasteiger partial charge in [-0.15, -0.1) is 10.2 Å². The number of aromatic nitrogens is 3. The lowest BCUT2D eigenvalue weighted by Gasteiger charge is -2.19. The minimum Gasteiger partial charge on any atom is -0.459 e. The highest BCUT2D eigenvalue weighted by Crippen LogP contribution is 2.22. The number of thioether (sulfide) groups is 1. The molecule has 0 fully saturated rings. The third-order valence-electron chi connectivity index (χ3n) is 2.63. The largest absolute Gasteiger partial charge is 0.459 e. The van der Waals surface area contributed by atoms with E-state index < -0.39 is 5.60 Å². The number of para-hydroxylation sites is 1. The zero-order chi connectivity index (χ0) is 15.5. The molecule has 1 aromatic heterocycles. The molecule has 5 nitrogen and oxygen atoms in total. The maximum Gasteiger partial charge on any atom is 0.316 e. The van der Waals surface area contributed by atoms with Crippen LogP contribution in [0.3, 0.4) is 0 Å². The Kier molecular flexibility index (Phi) is 4.67. The molecule has 0 spiro atoms. The highest BCUT2D eigenvalue weighted by atomic mass is 32.2. The van der Waals surface area contributed by atoms with Crippen molar-refractivity contribution in [1.82, 2.24) is 14.8 Å². The van der Waals surface area contributed by atoms with Crippen molar-refractivity contribution in [3.8, 4) is 5.69 Å². The van der Waals surface area contributed by atoms with Gasteiger partial charge in [0.1, 0.15) is 11.9 Å². The van der Waals surface area contributed by atoms with Crippen LogP contribution in [0.15, 0.2) is 35.7 Å². The number of carbonyl (C=O) groups excluding carboxylic acids is 1. The maximum atomic E-state index is 11.8. The topological polar surface area (TPSA) is 57.0 Å². The van der Waals surface area contributed by atoms with Crippen LogP contribution >= 0.6 is 11.8 Å². The second kappa shape index (κ2) is 6.30. The van der Waals surface area contributed by atoms with Crippen molar-refractivity contribution < 1.29 is 9.53 Å². The smallest absolute Gasteiger partial charge is 0.316 e. The van der Waals surface area contributed by atoms with Crippen LogP contribution < -0.4 is 0 Å². The predicted molar refractivity (Wildman–Crippen MR) is 82.7 cm³/mol. The summed E-state index contributed by atoms with van der Waals surface area (Å²) in [7, 11) is 0. The molecule has 0 bridgehead atoms. The van der Waals surface area contributed by atoms with Gasteiger partial charge in [-0.3, -0.25) is 9.36 Å². The summed E-state index contributed by atoms with van der Waals surface area (Å²) < 4.78 is 7.17. The molecular weight excluding hydrogens is 286 g/mol. The highest BCUT2D eigenvalue weighted by molar-refractivity contribution is 7.99. The van der Waals surface area contributed by atoms with Gasteiger partial charge in [-0.2, -0.15) is 0 Å². The van der Waals surface area contributed by atoms with Crippen molar-refractivity contribution in [3.05, 3.63) is 36.2 Å². The molecule has 21 heavy (non-hydrogen) atoms. The fourth-order valence-corrected chi connectivity index (χ4v) is 2.51.